The number of alkyl carbamates (subject to hydrolysis) is 1. The van der Waals surface area contributed by atoms with E-state index in [1.807, 2.05) is 6.92 Å². The van der Waals surface area contributed by atoms with Crippen molar-refractivity contribution in [2.24, 2.45) is 0 Å². The number of carbonyl (C=O) groups excluding carboxylic acids is 1. The summed E-state index contributed by atoms with van der Waals surface area (Å²) in [5, 5.41) is 2.69. The predicted molar refractivity (Wildman–Crippen MR) is 64.2 cm³/mol. The molecule has 0 radical (unpaired) electrons. The minimum absolute atomic E-state index is 0.217. The van der Waals surface area contributed by atoms with Gasteiger partial charge in [-0.05, 0) is 45.4 Å². The van der Waals surface area contributed by atoms with Gasteiger partial charge in [-0.2, -0.15) is 0 Å². The second-order valence-corrected chi connectivity index (χ2v) is 4.92. The molecule has 1 rings (SSSR count). The first kappa shape index (κ1) is 13.5. The minimum Gasteiger partial charge on any atom is -0.444 e. The van der Waals surface area contributed by atoms with Crippen molar-refractivity contribution in [1.82, 2.24) is 5.32 Å². The van der Waals surface area contributed by atoms with Crippen molar-refractivity contribution in [3.05, 3.63) is 35.6 Å². The van der Waals surface area contributed by atoms with E-state index in [0.717, 1.165) is 5.56 Å². The highest BCUT2D eigenvalue weighted by Crippen LogP contribution is 2.14. The molecule has 0 heterocycles. The van der Waals surface area contributed by atoms with Gasteiger partial charge in [0.1, 0.15) is 11.4 Å². The van der Waals surface area contributed by atoms with Crippen LogP contribution in [0.4, 0.5) is 9.18 Å². The van der Waals surface area contributed by atoms with Gasteiger partial charge in [-0.3, -0.25) is 0 Å². The predicted octanol–water partition coefficient (Wildman–Crippen LogP) is 3.41. The molecule has 0 saturated heterocycles. The summed E-state index contributed by atoms with van der Waals surface area (Å²) in [5.41, 5.74) is 0.310. The van der Waals surface area contributed by atoms with Crippen molar-refractivity contribution in [2.45, 2.75) is 39.3 Å². The van der Waals surface area contributed by atoms with Gasteiger partial charge >= 0.3 is 6.09 Å². The average Bonchev–Trinajstić information content (AvgIpc) is 2.15. The van der Waals surface area contributed by atoms with Crippen LogP contribution < -0.4 is 5.32 Å². The maximum absolute atomic E-state index is 12.7. The number of halogens is 1. The molecule has 1 atom stereocenters. The largest absolute Gasteiger partial charge is 0.444 e. The third kappa shape index (κ3) is 4.85. The van der Waals surface area contributed by atoms with Crippen LogP contribution in [0.2, 0.25) is 0 Å². The standard InChI is InChI=1S/C13H18FNO2/c1-9(10-5-7-11(14)8-6-10)15-12(16)17-13(2,3)4/h5-9H,1-4H3,(H,15,16)/t9-/m1/s1. The Balaban J connectivity index is 2.57. The van der Waals surface area contributed by atoms with Crippen LogP contribution in [0.1, 0.15) is 39.3 Å². The Bertz CT molecular complexity index is 381. The van der Waals surface area contributed by atoms with Crippen molar-refractivity contribution < 1.29 is 13.9 Å². The smallest absolute Gasteiger partial charge is 0.408 e. The number of benzene rings is 1. The van der Waals surface area contributed by atoms with Crippen LogP contribution in [0.25, 0.3) is 0 Å². The molecule has 0 unspecified atom stereocenters. The summed E-state index contributed by atoms with van der Waals surface area (Å²) in [6, 6.07) is 5.78. The van der Waals surface area contributed by atoms with Crippen molar-refractivity contribution >= 4 is 6.09 Å². The van der Waals surface area contributed by atoms with Gasteiger partial charge in [0.15, 0.2) is 0 Å². The van der Waals surface area contributed by atoms with E-state index in [1.54, 1.807) is 32.9 Å². The van der Waals surface area contributed by atoms with Crippen LogP contribution in [0.5, 0.6) is 0 Å². The van der Waals surface area contributed by atoms with E-state index in [4.69, 9.17) is 4.74 Å². The third-order valence-corrected chi connectivity index (χ3v) is 2.10. The highest BCUT2D eigenvalue weighted by molar-refractivity contribution is 5.68. The number of ether oxygens (including phenoxy) is 1. The fourth-order valence-electron chi connectivity index (χ4n) is 1.32. The molecule has 0 saturated carbocycles. The zero-order valence-electron chi connectivity index (χ0n) is 10.6. The molecule has 0 aliphatic rings. The molecule has 1 aromatic rings. The van der Waals surface area contributed by atoms with Gasteiger partial charge < -0.3 is 10.1 Å². The number of hydrogen-bond donors (Lipinski definition) is 1. The lowest BCUT2D eigenvalue weighted by Crippen LogP contribution is -2.34. The van der Waals surface area contributed by atoms with E-state index in [9.17, 15) is 9.18 Å². The second kappa shape index (κ2) is 5.17. The van der Waals surface area contributed by atoms with Gasteiger partial charge in [-0.15, -0.1) is 0 Å². The summed E-state index contributed by atoms with van der Waals surface area (Å²) < 4.78 is 17.9. The van der Waals surface area contributed by atoms with Crippen molar-refractivity contribution in [3.8, 4) is 0 Å². The first-order chi connectivity index (χ1) is 7.78. The molecule has 0 aliphatic carbocycles. The summed E-state index contributed by atoms with van der Waals surface area (Å²) in [6.07, 6.45) is -0.477. The Morgan fingerprint density at radius 2 is 1.82 bits per heavy atom. The van der Waals surface area contributed by atoms with Gasteiger partial charge in [-0.1, -0.05) is 12.1 Å². The van der Waals surface area contributed by atoms with Gasteiger partial charge in [0.2, 0.25) is 0 Å². The Morgan fingerprint density at radius 3 is 2.29 bits per heavy atom. The molecule has 17 heavy (non-hydrogen) atoms. The van der Waals surface area contributed by atoms with E-state index >= 15 is 0 Å². The van der Waals surface area contributed by atoms with Crippen LogP contribution in [0, 0.1) is 5.82 Å². The number of nitrogens with one attached hydrogen (secondary N) is 1. The Hall–Kier alpha value is -1.58. The minimum atomic E-state index is -0.521. The maximum atomic E-state index is 12.7. The zero-order chi connectivity index (χ0) is 13.1. The average molecular weight is 239 g/mol. The van der Waals surface area contributed by atoms with Gasteiger partial charge in [0.25, 0.3) is 0 Å². The highest BCUT2D eigenvalue weighted by Gasteiger charge is 2.18. The van der Waals surface area contributed by atoms with E-state index in [2.05, 4.69) is 5.32 Å². The number of hydrogen-bond acceptors (Lipinski definition) is 2. The van der Waals surface area contributed by atoms with Crippen LogP contribution in [-0.4, -0.2) is 11.7 Å². The molecule has 0 fully saturated rings. The van der Waals surface area contributed by atoms with Gasteiger partial charge in [0.05, 0.1) is 6.04 Å². The Labute approximate surface area is 101 Å². The first-order valence-corrected chi connectivity index (χ1v) is 5.53. The lowest BCUT2D eigenvalue weighted by molar-refractivity contribution is 0.0508. The molecule has 1 N–H and O–H groups in total. The molecule has 0 aromatic heterocycles. The fraction of sp³-hybridized carbons (Fsp3) is 0.462. The molecule has 1 amide bonds. The Kier molecular flexibility index (Phi) is 4.10. The second-order valence-electron chi connectivity index (χ2n) is 4.92. The highest BCUT2D eigenvalue weighted by atomic mass is 19.1. The molecule has 3 nitrogen and oxygen atoms in total. The molecular formula is C13H18FNO2. The van der Waals surface area contributed by atoms with Crippen molar-refractivity contribution in [1.29, 1.82) is 0 Å². The molecule has 94 valence electrons. The third-order valence-electron chi connectivity index (χ3n) is 2.10. The van der Waals surface area contributed by atoms with E-state index < -0.39 is 11.7 Å². The lowest BCUT2D eigenvalue weighted by atomic mass is 10.1. The number of carbonyl (C=O) groups is 1. The molecule has 0 bridgehead atoms. The molecular weight excluding hydrogens is 221 g/mol. The van der Waals surface area contributed by atoms with Crippen LogP contribution >= 0.6 is 0 Å². The van der Waals surface area contributed by atoms with Gasteiger partial charge in [0, 0.05) is 0 Å². The quantitative estimate of drug-likeness (QED) is 0.858. The SMILES string of the molecule is C[C@@H](NC(=O)OC(C)(C)C)c1ccc(F)cc1. The summed E-state index contributed by atoms with van der Waals surface area (Å²) in [4.78, 5) is 11.5. The first-order valence-electron chi connectivity index (χ1n) is 5.53. The van der Waals surface area contributed by atoms with Crippen molar-refractivity contribution in [2.75, 3.05) is 0 Å². The molecule has 1 aromatic carbocycles. The van der Waals surface area contributed by atoms with E-state index in [0.29, 0.717) is 0 Å². The fourth-order valence-corrected chi connectivity index (χ4v) is 1.32. The van der Waals surface area contributed by atoms with E-state index in [-0.39, 0.29) is 11.9 Å². The molecule has 0 aliphatic heterocycles. The monoisotopic (exact) mass is 239 g/mol. The number of rotatable bonds is 2. The zero-order valence-corrected chi connectivity index (χ0v) is 10.6. The lowest BCUT2D eigenvalue weighted by Gasteiger charge is -2.22. The summed E-state index contributed by atoms with van der Waals surface area (Å²) >= 11 is 0. The van der Waals surface area contributed by atoms with Crippen molar-refractivity contribution in [3.63, 3.8) is 0 Å². The summed E-state index contributed by atoms with van der Waals surface area (Å²) in [7, 11) is 0. The summed E-state index contributed by atoms with van der Waals surface area (Å²) in [6.45, 7) is 7.22. The Morgan fingerprint density at radius 1 is 1.29 bits per heavy atom. The summed E-state index contributed by atoms with van der Waals surface area (Å²) in [5.74, 6) is -0.293. The number of amides is 1. The normalized spacial score (nSPS) is 13.0. The topological polar surface area (TPSA) is 38.3 Å². The maximum Gasteiger partial charge on any atom is 0.408 e. The van der Waals surface area contributed by atoms with Gasteiger partial charge in [-0.25, -0.2) is 9.18 Å². The molecule has 4 heteroatoms. The van der Waals surface area contributed by atoms with E-state index in [1.165, 1.54) is 12.1 Å². The van der Waals surface area contributed by atoms with Crippen LogP contribution in [0.3, 0.4) is 0 Å². The van der Waals surface area contributed by atoms with Crippen LogP contribution in [0.15, 0.2) is 24.3 Å². The molecule has 0 spiro atoms. The van der Waals surface area contributed by atoms with Crippen LogP contribution in [-0.2, 0) is 4.74 Å².